The number of thiophene rings is 1. The van der Waals surface area contributed by atoms with Gasteiger partial charge in [-0.15, -0.1) is 11.3 Å². The van der Waals surface area contributed by atoms with Crippen LogP contribution in [0, 0.1) is 0 Å². The van der Waals surface area contributed by atoms with E-state index in [1.54, 1.807) is 29.5 Å². The summed E-state index contributed by atoms with van der Waals surface area (Å²) in [5.74, 6) is -0.189. The van der Waals surface area contributed by atoms with Crippen LogP contribution in [0.1, 0.15) is 47.6 Å². The largest absolute Gasteiger partial charge is 0.497 e. The van der Waals surface area contributed by atoms with Gasteiger partial charge in [-0.2, -0.15) is 0 Å². The van der Waals surface area contributed by atoms with Crippen molar-refractivity contribution in [3.63, 3.8) is 0 Å². The zero-order chi connectivity index (χ0) is 26.1. The maximum Gasteiger partial charge on any atom is 0.261 e. The van der Waals surface area contributed by atoms with Gasteiger partial charge in [0.2, 0.25) is 11.8 Å². The fourth-order valence-electron chi connectivity index (χ4n) is 3.74. The third-order valence-corrected chi connectivity index (χ3v) is 6.31. The lowest BCUT2D eigenvalue weighted by Crippen LogP contribution is -2.51. The zero-order valence-corrected chi connectivity index (χ0v) is 21.9. The van der Waals surface area contributed by atoms with Crippen LogP contribution < -0.4 is 15.4 Å². The van der Waals surface area contributed by atoms with E-state index in [9.17, 15) is 14.4 Å². The van der Waals surface area contributed by atoms with E-state index < -0.39 is 11.6 Å². The van der Waals surface area contributed by atoms with Gasteiger partial charge in [0.1, 0.15) is 11.8 Å². The normalized spacial score (nSPS) is 11.9. The van der Waals surface area contributed by atoms with Gasteiger partial charge in [-0.05, 0) is 61.9 Å². The predicted molar refractivity (Wildman–Crippen MR) is 142 cm³/mol. The van der Waals surface area contributed by atoms with Gasteiger partial charge in [0.25, 0.3) is 5.91 Å². The van der Waals surface area contributed by atoms with Crippen molar-refractivity contribution in [2.45, 2.75) is 38.8 Å². The summed E-state index contributed by atoms with van der Waals surface area (Å²) >= 11 is 1.30. The van der Waals surface area contributed by atoms with E-state index in [1.165, 1.54) is 11.3 Å². The van der Waals surface area contributed by atoms with Crippen molar-refractivity contribution in [1.29, 1.82) is 0 Å². The number of amides is 3. The molecule has 36 heavy (non-hydrogen) atoms. The monoisotopic (exact) mass is 507 g/mol. The number of nitrogens with one attached hydrogen (secondary N) is 2. The van der Waals surface area contributed by atoms with Crippen molar-refractivity contribution in [3.8, 4) is 5.75 Å². The van der Waals surface area contributed by atoms with E-state index in [2.05, 4.69) is 10.6 Å². The van der Waals surface area contributed by atoms with Gasteiger partial charge in [0.05, 0.1) is 18.5 Å². The highest BCUT2D eigenvalue weighted by Gasteiger charge is 2.33. The Bertz CT molecular complexity index is 1140. The van der Waals surface area contributed by atoms with Crippen molar-refractivity contribution in [1.82, 2.24) is 15.5 Å². The van der Waals surface area contributed by atoms with Gasteiger partial charge in [0, 0.05) is 12.1 Å². The molecule has 0 spiro atoms. The Morgan fingerprint density at radius 1 is 0.972 bits per heavy atom. The second kappa shape index (κ2) is 12.4. The van der Waals surface area contributed by atoms with Gasteiger partial charge < -0.3 is 20.3 Å². The molecule has 0 fully saturated rings. The molecule has 0 aliphatic carbocycles. The first-order valence-corrected chi connectivity index (χ1v) is 12.7. The van der Waals surface area contributed by atoms with E-state index in [1.807, 2.05) is 75.4 Å². The summed E-state index contributed by atoms with van der Waals surface area (Å²) in [4.78, 5) is 41.6. The minimum atomic E-state index is -0.852. The number of rotatable bonds is 10. The number of methoxy groups -OCH3 is 1. The summed E-state index contributed by atoms with van der Waals surface area (Å²) in [7, 11) is 1.61. The number of carbonyl (C=O) groups is 3. The minimum Gasteiger partial charge on any atom is -0.497 e. The molecule has 190 valence electrons. The molecule has 7 nitrogen and oxygen atoms in total. The van der Waals surface area contributed by atoms with E-state index in [4.69, 9.17) is 4.74 Å². The zero-order valence-electron chi connectivity index (χ0n) is 21.1. The molecule has 0 bridgehead atoms. The maximum absolute atomic E-state index is 13.5. The molecule has 3 aromatic rings. The first kappa shape index (κ1) is 26.9. The van der Waals surface area contributed by atoms with Crippen LogP contribution in [0.5, 0.6) is 5.75 Å². The van der Waals surface area contributed by atoms with E-state index in [0.717, 1.165) is 11.3 Å². The van der Waals surface area contributed by atoms with Gasteiger partial charge >= 0.3 is 0 Å². The third kappa shape index (κ3) is 7.68. The van der Waals surface area contributed by atoms with E-state index >= 15 is 0 Å². The predicted octanol–water partition coefficient (Wildman–Crippen LogP) is 4.21. The van der Waals surface area contributed by atoms with Crippen LogP contribution in [0.4, 0.5) is 0 Å². The lowest BCUT2D eigenvalue weighted by Gasteiger charge is -2.34. The Morgan fingerprint density at radius 3 is 2.25 bits per heavy atom. The SMILES string of the molecule is COc1ccc(CCN(C(=O)CNC(=O)c2cccs2)[C@H](C(=O)NC(C)(C)C)c2ccccc2)cc1. The average molecular weight is 508 g/mol. The third-order valence-electron chi connectivity index (χ3n) is 5.44. The Balaban J connectivity index is 1.88. The highest BCUT2D eigenvalue weighted by atomic mass is 32.1. The van der Waals surface area contributed by atoms with Gasteiger partial charge in [-0.25, -0.2) is 0 Å². The molecule has 3 rings (SSSR count). The molecule has 0 aliphatic rings. The van der Waals surface area contributed by atoms with Crippen LogP contribution in [0.3, 0.4) is 0 Å². The van der Waals surface area contributed by atoms with Crippen LogP contribution in [-0.2, 0) is 16.0 Å². The highest BCUT2D eigenvalue weighted by Crippen LogP contribution is 2.24. The molecule has 0 unspecified atom stereocenters. The summed E-state index contributed by atoms with van der Waals surface area (Å²) in [6.45, 7) is 5.77. The molecule has 0 saturated carbocycles. The van der Waals surface area contributed by atoms with Crippen LogP contribution in [0.2, 0.25) is 0 Å². The number of benzene rings is 2. The molecule has 2 aromatic carbocycles. The molecule has 0 saturated heterocycles. The number of hydrogen-bond acceptors (Lipinski definition) is 5. The van der Waals surface area contributed by atoms with Crippen LogP contribution in [0.25, 0.3) is 0 Å². The molecule has 1 aromatic heterocycles. The number of carbonyl (C=O) groups excluding carboxylic acids is 3. The Hall–Kier alpha value is -3.65. The number of ether oxygens (including phenoxy) is 1. The van der Waals surface area contributed by atoms with Crippen molar-refractivity contribution in [2.75, 3.05) is 20.2 Å². The second-order valence-electron chi connectivity index (χ2n) is 9.40. The number of hydrogen-bond donors (Lipinski definition) is 2. The fourth-order valence-corrected chi connectivity index (χ4v) is 4.38. The smallest absolute Gasteiger partial charge is 0.261 e. The molecule has 1 atom stereocenters. The Kier molecular flexibility index (Phi) is 9.25. The fraction of sp³-hybridized carbons (Fsp3) is 0.321. The summed E-state index contributed by atoms with van der Waals surface area (Å²) in [5.41, 5.74) is 1.22. The highest BCUT2D eigenvalue weighted by molar-refractivity contribution is 7.12. The van der Waals surface area contributed by atoms with E-state index in [0.29, 0.717) is 16.9 Å². The summed E-state index contributed by atoms with van der Waals surface area (Å²) in [6.07, 6.45) is 0.529. The van der Waals surface area contributed by atoms with Crippen molar-refractivity contribution >= 4 is 29.1 Å². The van der Waals surface area contributed by atoms with Crippen molar-refractivity contribution in [3.05, 3.63) is 88.1 Å². The van der Waals surface area contributed by atoms with Crippen LogP contribution in [-0.4, -0.2) is 48.4 Å². The summed E-state index contributed by atoms with van der Waals surface area (Å²) in [6, 6.07) is 19.5. The van der Waals surface area contributed by atoms with Gasteiger partial charge in [0.15, 0.2) is 0 Å². The molecule has 0 aliphatic heterocycles. The molecular formula is C28H33N3O4S. The topological polar surface area (TPSA) is 87.7 Å². The second-order valence-corrected chi connectivity index (χ2v) is 10.3. The van der Waals surface area contributed by atoms with Gasteiger partial charge in [-0.3, -0.25) is 14.4 Å². The first-order valence-electron chi connectivity index (χ1n) is 11.8. The quantitative estimate of drug-likeness (QED) is 0.430. The van der Waals surface area contributed by atoms with Crippen molar-refractivity contribution < 1.29 is 19.1 Å². The molecule has 8 heteroatoms. The lowest BCUT2D eigenvalue weighted by molar-refractivity contribution is -0.140. The Labute approximate surface area is 216 Å². The average Bonchev–Trinajstić information content (AvgIpc) is 3.40. The summed E-state index contributed by atoms with van der Waals surface area (Å²) in [5, 5.41) is 7.53. The first-order chi connectivity index (χ1) is 17.2. The van der Waals surface area contributed by atoms with Crippen LogP contribution in [0.15, 0.2) is 72.1 Å². The van der Waals surface area contributed by atoms with E-state index in [-0.39, 0.29) is 30.8 Å². The molecule has 1 heterocycles. The molecular weight excluding hydrogens is 474 g/mol. The Morgan fingerprint density at radius 2 is 1.67 bits per heavy atom. The van der Waals surface area contributed by atoms with Gasteiger partial charge in [-0.1, -0.05) is 48.5 Å². The lowest BCUT2D eigenvalue weighted by atomic mass is 10.0. The van der Waals surface area contributed by atoms with Crippen LogP contribution >= 0.6 is 11.3 Å². The minimum absolute atomic E-state index is 0.217. The molecule has 3 amide bonds. The summed E-state index contributed by atoms with van der Waals surface area (Å²) < 4.78 is 5.24. The number of nitrogens with zero attached hydrogens (tertiary/aromatic N) is 1. The molecule has 2 N–H and O–H groups in total. The standard InChI is InChI=1S/C28H33N3O4S/c1-28(2,3)30-27(34)25(21-9-6-5-7-10-21)31(17-16-20-12-14-22(35-4)15-13-20)24(32)19-29-26(33)23-11-8-18-36-23/h5-15,18,25H,16-17,19H2,1-4H3,(H,29,33)(H,30,34)/t25-/m0/s1. The molecule has 0 radical (unpaired) electrons. The van der Waals surface area contributed by atoms with Crippen molar-refractivity contribution in [2.24, 2.45) is 0 Å². The maximum atomic E-state index is 13.5.